The van der Waals surface area contributed by atoms with Crippen molar-refractivity contribution in [3.8, 4) is 22.5 Å². The number of aromatic amines is 1. The van der Waals surface area contributed by atoms with Gasteiger partial charge in [-0.1, -0.05) is 88.7 Å². The zero-order valence-corrected chi connectivity index (χ0v) is 24.5. The summed E-state index contributed by atoms with van der Waals surface area (Å²) >= 11 is 0. The molecule has 0 unspecified atom stereocenters. The third-order valence-electron chi connectivity index (χ3n) is 7.47. The van der Waals surface area contributed by atoms with Crippen LogP contribution in [0.25, 0.3) is 28.1 Å². The predicted octanol–water partition coefficient (Wildman–Crippen LogP) is 6.45. The van der Waals surface area contributed by atoms with Gasteiger partial charge in [0.2, 0.25) is 5.78 Å². The fourth-order valence-electron chi connectivity index (χ4n) is 5.48. The molecule has 212 valence electrons. The van der Waals surface area contributed by atoms with Crippen molar-refractivity contribution >= 4 is 11.4 Å². The maximum Gasteiger partial charge on any atom is 0.208 e. The van der Waals surface area contributed by atoms with E-state index in [-0.39, 0.29) is 17.8 Å². The molecule has 0 saturated heterocycles. The highest BCUT2D eigenvalue weighted by molar-refractivity contribution is 6.16. The normalized spacial score (nSPS) is 14.7. The summed E-state index contributed by atoms with van der Waals surface area (Å²) in [5.74, 6) is 1.52. The highest BCUT2D eigenvalue weighted by atomic mass is 16.3. The van der Waals surface area contributed by atoms with E-state index in [4.69, 9.17) is 4.98 Å². The van der Waals surface area contributed by atoms with Gasteiger partial charge >= 0.3 is 0 Å². The molecule has 0 aliphatic heterocycles. The summed E-state index contributed by atoms with van der Waals surface area (Å²) in [5.41, 5.74) is 7.98. The lowest BCUT2D eigenvalue weighted by atomic mass is 9.82. The van der Waals surface area contributed by atoms with Gasteiger partial charge in [-0.05, 0) is 57.9 Å². The van der Waals surface area contributed by atoms with Gasteiger partial charge in [0.05, 0.1) is 0 Å². The van der Waals surface area contributed by atoms with E-state index in [1.165, 1.54) is 0 Å². The monoisotopic (exact) mass is 550 g/mol. The molecule has 41 heavy (non-hydrogen) atoms. The number of imidazole rings is 1. The lowest BCUT2D eigenvalue weighted by Gasteiger charge is -2.24. The number of aliphatic hydroxyl groups is 1. The average molecular weight is 551 g/mol. The topological polar surface area (TPSA) is 110 Å². The summed E-state index contributed by atoms with van der Waals surface area (Å²) in [4.78, 5) is 19.0. The number of aliphatic hydroxyl groups excluding tert-OH is 1. The second-order valence-corrected chi connectivity index (χ2v) is 11.7. The average Bonchev–Trinajstić information content (AvgIpc) is 3.61. The Balaban J connectivity index is 1.56. The van der Waals surface area contributed by atoms with Gasteiger partial charge in [-0.3, -0.25) is 4.79 Å². The molecule has 5 rings (SSSR count). The zero-order chi connectivity index (χ0) is 29.1. The van der Waals surface area contributed by atoms with Crippen LogP contribution in [-0.2, 0) is 13.0 Å². The van der Waals surface area contributed by atoms with E-state index < -0.39 is 0 Å². The maximum absolute atomic E-state index is 13.9. The standard InChI is InChI=1S/C33H38N6O2/c1-6-7-12-28-34-29-27(19-33(3,4)5)21(2)24(17-18-40)31(41)30(29)39(28)20-22-13-15-23(16-14-22)25-10-8-9-11-26(25)32-35-37-38-36-32/h8-11,13-16,19,40H,6-7,12,17-18,20H2,1-5H3,(H,35,36,37,38). The number of hydrogen-bond donors (Lipinski definition) is 2. The van der Waals surface area contributed by atoms with Crippen LogP contribution in [0.5, 0.6) is 0 Å². The molecule has 0 bridgehead atoms. The van der Waals surface area contributed by atoms with Crippen molar-refractivity contribution in [3.63, 3.8) is 0 Å². The summed E-state index contributed by atoms with van der Waals surface area (Å²) in [6.07, 6.45) is 5.37. The number of ketones is 1. The molecule has 8 heteroatoms. The van der Waals surface area contributed by atoms with Crippen molar-refractivity contribution in [2.24, 2.45) is 5.41 Å². The zero-order valence-electron chi connectivity index (χ0n) is 24.5. The molecule has 0 atom stereocenters. The van der Waals surface area contributed by atoms with E-state index in [1.54, 1.807) is 0 Å². The van der Waals surface area contributed by atoms with Gasteiger partial charge in [0.15, 0.2) is 5.82 Å². The Labute approximate surface area is 241 Å². The summed E-state index contributed by atoms with van der Waals surface area (Å²) in [6, 6.07) is 16.4. The summed E-state index contributed by atoms with van der Waals surface area (Å²) in [5, 5.41) is 24.2. The molecular formula is C33H38N6O2. The van der Waals surface area contributed by atoms with Crippen LogP contribution in [0.4, 0.5) is 0 Å². The lowest BCUT2D eigenvalue weighted by Crippen LogP contribution is -2.21. The third-order valence-corrected chi connectivity index (χ3v) is 7.47. The first-order valence-corrected chi connectivity index (χ1v) is 14.3. The number of aromatic nitrogens is 6. The Kier molecular flexibility index (Phi) is 8.13. The second-order valence-electron chi connectivity index (χ2n) is 11.7. The molecule has 8 nitrogen and oxygen atoms in total. The van der Waals surface area contributed by atoms with Crippen LogP contribution >= 0.6 is 0 Å². The highest BCUT2D eigenvalue weighted by Crippen LogP contribution is 2.39. The molecule has 0 saturated carbocycles. The number of hydrogen-bond acceptors (Lipinski definition) is 6. The fourth-order valence-corrected chi connectivity index (χ4v) is 5.48. The minimum absolute atomic E-state index is 0.0286. The van der Waals surface area contributed by atoms with Crippen LogP contribution in [0.1, 0.15) is 81.5 Å². The number of unbranched alkanes of at least 4 members (excludes halogenated alkanes) is 1. The quantitative estimate of drug-likeness (QED) is 0.248. The number of nitrogens with one attached hydrogen (secondary N) is 1. The number of carbonyl (C=O) groups is 1. The molecule has 1 aliphatic carbocycles. The van der Waals surface area contributed by atoms with Gasteiger partial charge < -0.3 is 9.67 Å². The first-order chi connectivity index (χ1) is 19.7. The van der Waals surface area contributed by atoms with Crippen LogP contribution in [0.2, 0.25) is 0 Å². The van der Waals surface area contributed by atoms with Crippen LogP contribution in [0.3, 0.4) is 0 Å². The predicted molar refractivity (Wildman–Crippen MR) is 161 cm³/mol. The van der Waals surface area contributed by atoms with Crippen molar-refractivity contribution < 1.29 is 9.90 Å². The van der Waals surface area contributed by atoms with Gasteiger partial charge in [-0.2, -0.15) is 0 Å². The summed E-state index contributed by atoms with van der Waals surface area (Å²) < 4.78 is 2.11. The van der Waals surface area contributed by atoms with E-state index in [1.807, 2.05) is 25.1 Å². The number of benzene rings is 2. The SMILES string of the molecule is CCCCc1nc2c(n1Cc1ccc(-c3ccccc3-c3nnn[nH]3)cc1)C(=O)C(CCO)=C(C)C2=CC(C)(C)C. The molecule has 1 aliphatic rings. The molecule has 2 aromatic carbocycles. The van der Waals surface area contributed by atoms with Gasteiger partial charge in [0, 0.05) is 36.3 Å². The van der Waals surface area contributed by atoms with Gasteiger partial charge in [0.1, 0.15) is 17.2 Å². The van der Waals surface area contributed by atoms with Gasteiger partial charge in [-0.25, -0.2) is 10.1 Å². The number of aryl methyl sites for hydroxylation is 1. The molecule has 0 amide bonds. The molecule has 0 spiro atoms. The van der Waals surface area contributed by atoms with Crippen molar-refractivity contribution in [1.29, 1.82) is 0 Å². The van der Waals surface area contributed by atoms with Crippen LogP contribution < -0.4 is 0 Å². The molecule has 0 fully saturated rings. The largest absolute Gasteiger partial charge is 0.396 e. The molecule has 2 heterocycles. The first kappa shape index (κ1) is 28.4. The molecular weight excluding hydrogens is 512 g/mol. The number of H-pyrrole nitrogens is 1. The number of carbonyl (C=O) groups excluding carboxylic acids is 1. The van der Waals surface area contributed by atoms with Crippen molar-refractivity contribution in [1.82, 2.24) is 30.2 Å². The minimum Gasteiger partial charge on any atom is -0.396 e. The number of fused-ring (bicyclic) bond motifs is 1. The van der Waals surface area contributed by atoms with E-state index >= 15 is 0 Å². The Bertz CT molecular complexity index is 1600. The van der Waals surface area contributed by atoms with Crippen molar-refractivity contribution in [2.75, 3.05) is 6.61 Å². The Hall–Kier alpha value is -4.17. The lowest BCUT2D eigenvalue weighted by molar-refractivity contribution is 0.101. The van der Waals surface area contributed by atoms with Crippen LogP contribution in [0.15, 0.2) is 65.8 Å². The van der Waals surface area contributed by atoms with E-state index in [9.17, 15) is 9.90 Å². The van der Waals surface area contributed by atoms with Crippen molar-refractivity contribution in [2.45, 2.75) is 66.8 Å². The van der Waals surface area contributed by atoms with E-state index in [0.717, 1.165) is 64.2 Å². The van der Waals surface area contributed by atoms with Gasteiger partial charge in [-0.15, -0.1) is 5.10 Å². The van der Waals surface area contributed by atoms with Crippen molar-refractivity contribution in [3.05, 3.63) is 88.5 Å². The number of rotatable bonds is 9. The second kappa shape index (κ2) is 11.7. The first-order valence-electron chi connectivity index (χ1n) is 14.3. The number of allylic oxidation sites excluding steroid dienone is 3. The van der Waals surface area contributed by atoms with Crippen LogP contribution in [0, 0.1) is 5.41 Å². The number of tetrazole rings is 1. The number of nitrogens with zero attached hydrogens (tertiary/aromatic N) is 5. The molecule has 4 aromatic rings. The maximum atomic E-state index is 13.9. The Morgan fingerprint density at radius 1 is 1.02 bits per heavy atom. The van der Waals surface area contributed by atoms with E-state index in [2.05, 4.69) is 89.3 Å². The van der Waals surface area contributed by atoms with E-state index in [0.29, 0.717) is 30.1 Å². The minimum atomic E-state index is -0.0974. The molecule has 2 N–H and O–H groups in total. The summed E-state index contributed by atoms with van der Waals surface area (Å²) in [7, 11) is 0. The third kappa shape index (κ3) is 5.84. The highest BCUT2D eigenvalue weighted by Gasteiger charge is 2.34. The van der Waals surface area contributed by atoms with Crippen LogP contribution in [-0.4, -0.2) is 47.7 Å². The Morgan fingerprint density at radius 2 is 1.76 bits per heavy atom. The van der Waals surface area contributed by atoms with Gasteiger partial charge in [0.25, 0.3) is 0 Å². The number of Topliss-reactive ketones (excluding diaryl/α,β-unsaturated/α-hetero) is 1. The summed E-state index contributed by atoms with van der Waals surface area (Å²) in [6.45, 7) is 11.1. The smallest absolute Gasteiger partial charge is 0.208 e. The Morgan fingerprint density at radius 3 is 2.39 bits per heavy atom. The fraction of sp³-hybridized carbons (Fsp3) is 0.364. The molecule has 0 radical (unpaired) electrons. The molecule has 2 aromatic heterocycles.